The Morgan fingerprint density at radius 3 is 2.17 bits per heavy atom. The fourth-order valence-electron chi connectivity index (χ4n) is 1.90. The third-order valence-corrected chi connectivity index (χ3v) is 3.25. The van der Waals surface area contributed by atoms with Crippen LogP contribution in [0.3, 0.4) is 0 Å². The van der Waals surface area contributed by atoms with Crippen LogP contribution in [0, 0.1) is 0 Å². The first-order valence-electron chi connectivity index (χ1n) is 6.38. The van der Waals surface area contributed by atoms with Crippen molar-refractivity contribution in [3.8, 4) is 0 Å². The van der Waals surface area contributed by atoms with Gasteiger partial charge in [-0.3, -0.25) is 0 Å². The van der Waals surface area contributed by atoms with Crippen molar-refractivity contribution in [1.82, 2.24) is 4.90 Å². The number of alkyl halides is 2. The van der Waals surface area contributed by atoms with Crippen molar-refractivity contribution in [2.24, 2.45) is 0 Å². The van der Waals surface area contributed by atoms with Gasteiger partial charge in [0.1, 0.15) is 0 Å². The molecular formula is C14H22Cl2N2. The number of hydrogen-bond acceptors (Lipinski definition) is 2. The maximum Gasteiger partial charge on any atom is 0.0399 e. The molecule has 0 spiro atoms. The molecule has 0 radical (unpaired) electrons. The normalized spacial score (nSPS) is 10.9. The Kier molecular flexibility index (Phi) is 8.23. The topological polar surface area (TPSA) is 6.48 Å². The van der Waals surface area contributed by atoms with Crippen LogP contribution in [0.4, 0.5) is 5.69 Å². The van der Waals surface area contributed by atoms with Crippen LogP contribution in [0.2, 0.25) is 0 Å². The van der Waals surface area contributed by atoms with E-state index in [0.29, 0.717) is 11.8 Å². The molecule has 0 aliphatic rings. The number of halogens is 2. The van der Waals surface area contributed by atoms with Crippen LogP contribution >= 0.6 is 23.2 Å². The molecule has 0 atom stereocenters. The van der Waals surface area contributed by atoms with Gasteiger partial charge in [-0.05, 0) is 32.1 Å². The van der Waals surface area contributed by atoms with Crippen molar-refractivity contribution in [3.05, 3.63) is 30.3 Å². The van der Waals surface area contributed by atoms with Crippen molar-refractivity contribution < 1.29 is 0 Å². The van der Waals surface area contributed by atoms with Crippen molar-refractivity contribution >= 4 is 28.9 Å². The molecule has 0 unspecified atom stereocenters. The van der Waals surface area contributed by atoms with E-state index in [1.54, 1.807) is 0 Å². The summed E-state index contributed by atoms with van der Waals surface area (Å²) >= 11 is 11.6. The summed E-state index contributed by atoms with van der Waals surface area (Å²) in [6.07, 6.45) is 1.12. The van der Waals surface area contributed by atoms with E-state index in [1.165, 1.54) is 5.69 Å². The number of anilines is 1. The Balaban J connectivity index is 2.39. The lowest BCUT2D eigenvalue weighted by molar-refractivity contribution is 0.350. The molecule has 1 aromatic carbocycles. The standard InChI is InChI=1S/C14H22Cl2N2/c1-17(12-8-15)10-5-11-18(13-9-16)14-6-3-2-4-7-14/h2-4,6-7H,5,8-13H2,1H3. The molecule has 0 fully saturated rings. The second kappa shape index (κ2) is 9.48. The third kappa shape index (κ3) is 5.94. The summed E-state index contributed by atoms with van der Waals surface area (Å²) in [6, 6.07) is 10.4. The van der Waals surface area contributed by atoms with Gasteiger partial charge >= 0.3 is 0 Å². The van der Waals surface area contributed by atoms with Gasteiger partial charge in [0, 0.05) is 37.1 Å². The Morgan fingerprint density at radius 1 is 0.889 bits per heavy atom. The zero-order chi connectivity index (χ0) is 13.2. The highest BCUT2D eigenvalue weighted by Crippen LogP contribution is 2.13. The first kappa shape index (κ1) is 15.6. The molecule has 0 heterocycles. The molecular weight excluding hydrogens is 267 g/mol. The Bertz CT molecular complexity index is 306. The SMILES string of the molecule is CN(CCCl)CCCN(CCCl)c1ccccc1. The van der Waals surface area contributed by atoms with Crippen LogP contribution in [0.5, 0.6) is 0 Å². The number of hydrogen-bond donors (Lipinski definition) is 0. The van der Waals surface area contributed by atoms with E-state index < -0.39 is 0 Å². The fourth-order valence-corrected chi connectivity index (χ4v) is 2.39. The Hall–Kier alpha value is -0.440. The summed E-state index contributed by atoms with van der Waals surface area (Å²) in [7, 11) is 2.11. The van der Waals surface area contributed by atoms with E-state index in [4.69, 9.17) is 23.2 Å². The van der Waals surface area contributed by atoms with Gasteiger partial charge in [-0.15, -0.1) is 23.2 Å². The molecule has 0 saturated carbocycles. The van der Waals surface area contributed by atoms with E-state index >= 15 is 0 Å². The number of para-hydroxylation sites is 1. The second-order valence-corrected chi connectivity index (χ2v) is 5.11. The summed E-state index contributed by atoms with van der Waals surface area (Å²) in [4.78, 5) is 4.60. The van der Waals surface area contributed by atoms with Crippen LogP contribution in [0.25, 0.3) is 0 Å². The van der Waals surface area contributed by atoms with Gasteiger partial charge in [0.15, 0.2) is 0 Å². The van der Waals surface area contributed by atoms with Gasteiger partial charge in [0.2, 0.25) is 0 Å². The highest BCUT2D eigenvalue weighted by atomic mass is 35.5. The van der Waals surface area contributed by atoms with Crippen LogP contribution in [-0.2, 0) is 0 Å². The van der Waals surface area contributed by atoms with Gasteiger partial charge in [0.05, 0.1) is 0 Å². The maximum absolute atomic E-state index is 5.87. The molecule has 0 aliphatic heterocycles. The van der Waals surface area contributed by atoms with Crippen molar-refractivity contribution in [2.45, 2.75) is 6.42 Å². The summed E-state index contributed by atoms with van der Waals surface area (Å²) < 4.78 is 0. The van der Waals surface area contributed by atoms with Crippen LogP contribution in [0.1, 0.15) is 6.42 Å². The van der Waals surface area contributed by atoms with Crippen LogP contribution < -0.4 is 4.90 Å². The minimum absolute atomic E-state index is 0.659. The fraction of sp³-hybridized carbons (Fsp3) is 0.571. The lowest BCUT2D eigenvalue weighted by atomic mass is 10.2. The summed E-state index contributed by atoms with van der Waals surface area (Å²) in [5.41, 5.74) is 1.25. The Labute approximate surface area is 120 Å². The molecule has 0 N–H and O–H groups in total. The molecule has 0 aliphatic carbocycles. The van der Waals surface area contributed by atoms with E-state index in [2.05, 4.69) is 41.1 Å². The zero-order valence-electron chi connectivity index (χ0n) is 11.0. The van der Waals surface area contributed by atoms with Gasteiger partial charge < -0.3 is 9.80 Å². The van der Waals surface area contributed by atoms with Gasteiger partial charge in [-0.25, -0.2) is 0 Å². The molecule has 0 bridgehead atoms. The molecule has 0 amide bonds. The van der Waals surface area contributed by atoms with Crippen LogP contribution in [0.15, 0.2) is 30.3 Å². The number of benzene rings is 1. The third-order valence-electron chi connectivity index (χ3n) is 2.91. The maximum atomic E-state index is 5.87. The molecule has 0 saturated heterocycles. The van der Waals surface area contributed by atoms with E-state index in [-0.39, 0.29) is 0 Å². The smallest absolute Gasteiger partial charge is 0.0399 e. The highest BCUT2D eigenvalue weighted by molar-refractivity contribution is 6.18. The van der Waals surface area contributed by atoms with E-state index in [1.807, 2.05) is 6.07 Å². The van der Waals surface area contributed by atoms with Crippen LogP contribution in [-0.4, -0.2) is 49.9 Å². The minimum atomic E-state index is 0.659. The molecule has 18 heavy (non-hydrogen) atoms. The van der Waals surface area contributed by atoms with Crippen molar-refractivity contribution in [3.63, 3.8) is 0 Å². The number of rotatable bonds is 9. The first-order chi connectivity index (χ1) is 8.77. The minimum Gasteiger partial charge on any atom is -0.370 e. The Morgan fingerprint density at radius 2 is 1.56 bits per heavy atom. The average Bonchev–Trinajstić information content (AvgIpc) is 2.39. The highest BCUT2D eigenvalue weighted by Gasteiger charge is 2.05. The van der Waals surface area contributed by atoms with Crippen molar-refractivity contribution in [1.29, 1.82) is 0 Å². The first-order valence-corrected chi connectivity index (χ1v) is 7.45. The monoisotopic (exact) mass is 288 g/mol. The summed E-state index contributed by atoms with van der Waals surface area (Å²) in [5.74, 6) is 1.35. The molecule has 102 valence electrons. The van der Waals surface area contributed by atoms with Gasteiger partial charge in [-0.2, -0.15) is 0 Å². The molecule has 4 heteroatoms. The second-order valence-electron chi connectivity index (χ2n) is 4.36. The predicted octanol–water partition coefficient (Wildman–Crippen LogP) is 3.29. The number of nitrogens with zero attached hydrogens (tertiary/aromatic N) is 2. The predicted molar refractivity (Wildman–Crippen MR) is 82.2 cm³/mol. The quantitative estimate of drug-likeness (QED) is 0.644. The molecule has 1 aromatic rings. The molecule has 2 nitrogen and oxygen atoms in total. The lowest BCUT2D eigenvalue weighted by Crippen LogP contribution is -2.30. The van der Waals surface area contributed by atoms with E-state index in [0.717, 1.165) is 32.6 Å². The van der Waals surface area contributed by atoms with Crippen molar-refractivity contribution in [2.75, 3.05) is 49.9 Å². The lowest BCUT2D eigenvalue weighted by Gasteiger charge is -2.25. The molecule has 1 rings (SSSR count). The zero-order valence-corrected chi connectivity index (χ0v) is 12.5. The summed E-state index contributed by atoms with van der Waals surface area (Å²) in [5, 5.41) is 0. The average molecular weight is 289 g/mol. The van der Waals surface area contributed by atoms with Gasteiger partial charge in [0.25, 0.3) is 0 Å². The summed E-state index contributed by atoms with van der Waals surface area (Å²) in [6.45, 7) is 3.94. The van der Waals surface area contributed by atoms with Gasteiger partial charge in [-0.1, -0.05) is 18.2 Å². The van der Waals surface area contributed by atoms with E-state index in [9.17, 15) is 0 Å². The largest absolute Gasteiger partial charge is 0.370 e. The molecule has 0 aromatic heterocycles.